The van der Waals surface area contributed by atoms with E-state index in [9.17, 15) is 14.4 Å². The predicted molar refractivity (Wildman–Crippen MR) is 105 cm³/mol. The Balaban J connectivity index is 1.61. The molecule has 2 aliphatic rings. The number of imide groups is 1. The highest BCUT2D eigenvalue weighted by Gasteiger charge is 2.43. The number of urea groups is 1. The molecule has 0 unspecified atom stereocenters. The normalized spacial score (nSPS) is 21.7. The van der Waals surface area contributed by atoms with Crippen molar-refractivity contribution in [2.75, 3.05) is 0 Å². The quantitative estimate of drug-likeness (QED) is 0.730. The predicted octanol–water partition coefficient (Wildman–Crippen LogP) is 2.34. The van der Waals surface area contributed by atoms with Crippen LogP contribution in [0.3, 0.4) is 0 Å². The van der Waals surface area contributed by atoms with E-state index in [4.69, 9.17) is 0 Å². The van der Waals surface area contributed by atoms with Crippen LogP contribution in [0, 0.1) is 13.8 Å². The second-order valence-electron chi connectivity index (χ2n) is 7.90. The van der Waals surface area contributed by atoms with Crippen molar-refractivity contribution in [1.29, 1.82) is 0 Å². The second-order valence-corrected chi connectivity index (χ2v) is 7.90. The maximum atomic E-state index is 12.7. The molecule has 0 spiro atoms. The topological polar surface area (TPSA) is 96.3 Å². The minimum Gasteiger partial charge on any atom is -0.349 e. The minimum atomic E-state index is -0.776. The summed E-state index contributed by atoms with van der Waals surface area (Å²) in [5, 5.41) is 10.1. The third-order valence-corrected chi connectivity index (χ3v) is 5.93. The Labute approximate surface area is 166 Å². The van der Waals surface area contributed by atoms with Crippen LogP contribution in [0.2, 0.25) is 0 Å². The van der Waals surface area contributed by atoms with Crippen molar-refractivity contribution in [3.05, 3.63) is 17.0 Å². The van der Waals surface area contributed by atoms with Gasteiger partial charge < -0.3 is 10.6 Å². The van der Waals surface area contributed by atoms with Crippen molar-refractivity contribution in [2.24, 2.45) is 0 Å². The van der Waals surface area contributed by atoms with Crippen LogP contribution in [0.15, 0.2) is 0 Å². The first-order chi connectivity index (χ1) is 13.3. The number of aryl methyl sites for hydroxylation is 2. The number of nitrogens with one attached hydrogen (secondary N) is 2. The lowest BCUT2D eigenvalue weighted by Gasteiger charge is -2.28. The maximum absolute atomic E-state index is 12.7. The molecule has 0 aromatic carbocycles. The smallest absolute Gasteiger partial charge is 0.325 e. The molecule has 8 nitrogen and oxygen atoms in total. The van der Waals surface area contributed by atoms with Crippen molar-refractivity contribution in [3.63, 3.8) is 0 Å². The minimum absolute atomic E-state index is 0.0292. The molecule has 0 radical (unpaired) electrons. The number of carbonyl (C=O) groups excluding carboxylic acids is 3. The van der Waals surface area contributed by atoms with E-state index in [1.165, 1.54) is 4.90 Å². The Kier molecular flexibility index (Phi) is 6.05. The Morgan fingerprint density at radius 1 is 1.25 bits per heavy atom. The van der Waals surface area contributed by atoms with Crippen molar-refractivity contribution in [3.8, 4) is 0 Å². The van der Waals surface area contributed by atoms with Crippen LogP contribution < -0.4 is 10.6 Å². The monoisotopic (exact) mass is 389 g/mol. The SMILES string of the molecule is CCn1nc(C)c([C@@H](C)NC(=O)C[C@@H]2NC(=O)N(C3CCCCC3)C2=O)c1C. The van der Waals surface area contributed by atoms with E-state index < -0.39 is 6.04 Å². The van der Waals surface area contributed by atoms with Gasteiger partial charge in [0.25, 0.3) is 5.91 Å². The molecular formula is C20H31N5O3. The zero-order chi connectivity index (χ0) is 20.4. The van der Waals surface area contributed by atoms with Crippen molar-refractivity contribution >= 4 is 17.8 Å². The van der Waals surface area contributed by atoms with Crippen molar-refractivity contribution in [2.45, 2.75) is 90.9 Å². The van der Waals surface area contributed by atoms with Gasteiger partial charge in [-0.25, -0.2) is 4.79 Å². The van der Waals surface area contributed by atoms with Gasteiger partial charge in [-0.1, -0.05) is 19.3 Å². The number of hydrogen-bond acceptors (Lipinski definition) is 4. The molecule has 3 rings (SSSR count). The van der Waals surface area contributed by atoms with Crippen LogP contribution >= 0.6 is 0 Å². The van der Waals surface area contributed by atoms with Crippen molar-refractivity contribution in [1.82, 2.24) is 25.3 Å². The molecule has 0 bridgehead atoms. The Hall–Kier alpha value is -2.38. The third-order valence-electron chi connectivity index (χ3n) is 5.93. The maximum Gasteiger partial charge on any atom is 0.325 e. The first-order valence-corrected chi connectivity index (χ1v) is 10.3. The number of nitrogens with zero attached hydrogens (tertiary/aromatic N) is 3. The molecule has 4 amide bonds. The molecule has 2 heterocycles. The number of amides is 4. The Morgan fingerprint density at radius 3 is 2.54 bits per heavy atom. The summed E-state index contributed by atoms with van der Waals surface area (Å²) < 4.78 is 1.91. The summed E-state index contributed by atoms with van der Waals surface area (Å²) in [6.07, 6.45) is 4.89. The van der Waals surface area contributed by atoms with Crippen LogP contribution in [0.5, 0.6) is 0 Å². The summed E-state index contributed by atoms with van der Waals surface area (Å²) in [6, 6.07) is -1.38. The molecule has 1 saturated carbocycles. The lowest BCUT2D eigenvalue weighted by molar-refractivity contribution is -0.132. The van der Waals surface area contributed by atoms with E-state index in [2.05, 4.69) is 15.7 Å². The van der Waals surface area contributed by atoms with Gasteiger partial charge in [0.15, 0.2) is 0 Å². The van der Waals surface area contributed by atoms with E-state index in [-0.39, 0.29) is 36.3 Å². The summed E-state index contributed by atoms with van der Waals surface area (Å²) in [5.74, 6) is -0.523. The molecule has 8 heteroatoms. The van der Waals surface area contributed by atoms with Gasteiger partial charge in [0.05, 0.1) is 18.2 Å². The molecule has 1 aliphatic heterocycles. The molecule has 1 aliphatic carbocycles. The van der Waals surface area contributed by atoms with Gasteiger partial charge in [0.1, 0.15) is 6.04 Å². The molecule has 154 valence electrons. The zero-order valence-electron chi connectivity index (χ0n) is 17.2. The van der Waals surface area contributed by atoms with Gasteiger partial charge >= 0.3 is 6.03 Å². The highest BCUT2D eigenvalue weighted by Crippen LogP contribution is 2.26. The highest BCUT2D eigenvalue weighted by molar-refractivity contribution is 6.06. The molecule has 2 N–H and O–H groups in total. The number of hydrogen-bond donors (Lipinski definition) is 2. The standard InChI is InChI=1S/C20H31N5O3/c1-5-24-14(4)18(13(3)23-24)12(2)21-17(26)11-16-19(27)25(20(28)22-16)15-9-7-6-8-10-15/h12,15-16H,5-11H2,1-4H3,(H,21,26)(H,22,28)/t12-,16+/m1/s1. The van der Waals surface area contributed by atoms with E-state index >= 15 is 0 Å². The largest absolute Gasteiger partial charge is 0.349 e. The van der Waals surface area contributed by atoms with Gasteiger partial charge in [0.2, 0.25) is 5.91 Å². The van der Waals surface area contributed by atoms with E-state index in [1.807, 2.05) is 32.4 Å². The first-order valence-electron chi connectivity index (χ1n) is 10.3. The lowest BCUT2D eigenvalue weighted by Crippen LogP contribution is -2.42. The Morgan fingerprint density at radius 2 is 1.93 bits per heavy atom. The fraction of sp³-hybridized carbons (Fsp3) is 0.700. The number of aromatic nitrogens is 2. The fourth-order valence-electron chi connectivity index (χ4n) is 4.57. The van der Waals surface area contributed by atoms with Gasteiger partial charge in [0, 0.05) is 23.8 Å². The summed E-state index contributed by atoms with van der Waals surface area (Å²) in [4.78, 5) is 38.9. The fourth-order valence-corrected chi connectivity index (χ4v) is 4.57. The van der Waals surface area contributed by atoms with E-state index in [0.717, 1.165) is 55.6 Å². The van der Waals surface area contributed by atoms with Crippen LogP contribution in [0.4, 0.5) is 4.79 Å². The average Bonchev–Trinajstić information content (AvgIpc) is 3.10. The molecule has 2 atom stereocenters. The van der Waals surface area contributed by atoms with Gasteiger partial charge in [-0.15, -0.1) is 0 Å². The molecule has 1 saturated heterocycles. The van der Waals surface area contributed by atoms with Crippen LogP contribution in [-0.2, 0) is 16.1 Å². The van der Waals surface area contributed by atoms with Crippen LogP contribution in [0.1, 0.15) is 75.4 Å². The Bertz CT molecular complexity index is 766. The van der Waals surface area contributed by atoms with E-state index in [1.54, 1.807) is 0 Å². The third kappa shape index (κ3) is 3.91. The molecular weight excluding hydrogens is 358 g/mol. The molecule has 1 aromatic rings. The van der Waals surface area contributed by atoms with Gasteiger partial charge in [-0.05, 0) is 40.5 Å². The van der Waals surface area contributed by atoms with Gasteiger partial charge in [-0.2, -0.15) is 5.10 Å². The summed E-state index contributed by atoms with van der Waals surface area (Å²) >= 11 is 0. The van der Waals surface area contributed by atoms with Gasteiger partial charge in [-0.3, -0.25) is 19.2 Å². The summed E-state index contributed by atoms with van der Waals surface area (Å²) in [7, 11) is 0. The number of rotatable bonds is 6. The molecule has 1 aromatic heterocycles. The van der Waals surface area contributed by atoms with Crippen LogP contribution in [0.25, 0.3) is 0 Å². The zero-order valence-corrected chi connectivity index (χ0v) is 17.2. The summed E-state index contributed by atoms with van der Waals surface area (Å²) in [5.41, 5.74) is 2.92. The summed E-state index contributed by atoms with van der Waals surface area (Å²) in [6.45, 7) is 8.63. The molecule has 28 heavy (non-hydrogen) atoms. The highest BCUT2D eigenvalue weighted by atomic mass is 16.2. The van der Waals surface area contributed by atoms with E-state index in [0.29, 0.717) is 0 Å². The lowest BCUT2D eigenvalue weighted by atomic mass is 9.94. The molecule has 2 fully saturated rings. The van der Waals surface area contributed by atoms with Crippen molar-refractivity contribution < 1.29 is 14.4 Å². The van der Waals surface area contributed by atoms with Crippen LogP contribution in [-0.4, -0.2) is 44.6 Å². The number of carbonyl (C=O) groups is 3. The second kappa shape index (κ2) is 8.32. The first kappa shape index (κ1) is 20.4. The average molecular weight is 390 g/mol.